The zero-order valence-electron chi connectivity index (χ0n) is 18.1. The minimum atomic E-state index is -0.136. The maximum Gasteiger partial charge on any atom is 0.224 e. The Morgan fingerprint density at radius 1 is 0.968 bits per heavy atom. The van der Waals surface area contributed by atoms with Crippen LogP contribution in [0.2, 0.25) is 0 Å². The normalized spacial score (nSPS) is 10.5. The van der Waals surface area contributed by atoms with Gasteiger partial charge in [-0.1, -0.05) is 6.92 Å². The average Bonchev–Trinajstić information content (AvgIpc) is 3.27. The first-order valence-corrected chi connectivity index (χ1v) is 10.3. The highest BCUT2D eigenvalue weighted by molar-refractivity contribution is 7.10. The number of ether oxygens (including phenoxy) is 4. The van der Waals surface area contributed by atoms with Crippen molar-refractivity contribution < 1.29 is 23.7 Å². The van der Waals surface area contributed by atoms with E-state index >= 15 is 0 Å². The van der Waals surface area contributed by atoms with Crippen LogP contribution in [0.1, 0.15) is 13.3 Å². The Morgan fingerprint density at radius 3 is 2.16 bits per heavy atom. The number of nitrogens with two attached hydrogens (primary N) is 1. The fourth-order valence-corrected chi connectivity index (χ4v) is 3.99. The molecule has 0 aliphatic rings. The molecule has 0 radical (unpaired) electrons. The number of hydrogen-bond donors (Lipinski definition) is 2. The van der Waals surface area contributed by atoms with Crippen LogP contribution in [0.4, 0.5) is 11.4 Å². The molecular weight excluding hydrogens is 418 g/mol. The van der Waals surface area contributed by atoms with Crippen LogP contribution in [0, 0.1) is 0 Å². The molecule has 31 heavy (non-hydrogen) atoms. The molecule has 0 unspecified atom stereocenters. The fourth-order valence-electron chi connectivity index (χ4n) is 3.23. The molecule has 2 aromatic carbocycles. The predicted octanol–water partition coefficient (Wildman–Crippen LogP) is 4.44. The van der Waals surface area contributed by atoms with E-state index in [4.69, 9.17) is 24.7 Å². The van der Waals surface area contributed by atoms with E-state index in [0.717, 1.165) is 21.6 Å². The van der Waals surface area contributed by atoms with Gasteiger partial charge in [-0.05, 0) is 41.4 Å². The molecule has 0 bridgehead atoms. The Kier molecular flexibility index (Phi) is 6.86. The summed E-state index contributed by atoms with van der Waals surface area (Å²) in [4.78, 5) is 12.9. The highest BCUT2D eigenvalue weighted by Crippen LogP contribution is 2.46. The first-order chi connectivity index (χ1) is 15.0. The number of nitrogens with zero attached hydrogens (tertiary/aromatic N) is 1. The summed E-state index contributed by atoms with van der Waals surface area (Å²) in [6, 6.07) is 7.36. The van der Waals surface area contributed by atoms with E-state index in [0.29, 0.717) is 40.8 Å². The van der Waals surface area contributed by atoms with Crippen LogP contribution in [0.3, 0.4) is 0 Å². The lowest BCUT2D eigenvalue weighted by Crippen LogP contribution is -2.11. The third-order valence-corrected chi connectivity index (χ3v) is 5.57. The van der Waals surface area contributed by atoms with Crippen molar-refractivity contribution >= 4 is 28.8 Å². The second-order valence-corrected chi connectivity index (χ2v) is 7.33. The molecule has 1 heterocycles. The third kappa shape index (κ3) is 4.36. The van der Waals surface area contributed by atoms with Gasteiger partial charge in [-0.2, -0.15) is 4.37 Å². The number of aromatic nitrogens is 1. The minimum Gasteiger partial charge on any atom is -0.493 e. The van der Waals surface area contributed by atoms with Gasteiger partial charge in [0.25, 0.3) is 0 Å². The van der Waals surface area contributed by atoms with Gasteiger partial charge in [-0.25, -0.2) is 0 Å². The van der Waals surface area contributed by atoms with E-state index in [2.05, 4.69) is 9.69 Å². The molecule has 3 aromatic rings. The molecule has 0 atom stereocenters. The Hall–Kier alpha value is -3.46. The van der Waals surface area contributed by atoms with Crippen molar-refractivity contribution in [2.75, 3.05) is 39.5 Å². The lowest BCUT2D eigenvalue weighted by molar-refractivity contribution is -0.115. The predicted molar refractivity (Wildman–Crippen MR) is 123 cm³/mol. The first-order valence-electron chi connectivity index (χ1n) is 9.50. The van der Waals surface area contributed by atoms with E-state index in [9.17, 15) is 4.79 Å². The second-order valence-electron chi connectivity index (χ2n) is 6.53. The molecular formula is C22H25N3O5S. The lowest BCUT2D eigenvalue weighted by Gasteiger charge is -2.16. The van der Waals surface area contributed by atoms with Crippen molar-refractivity contribution in [3.05, 3.63) is 30.5 Å². The van der Waals surface area contributed by atoms with Crippen LogP contribution >= 0.6 is 11.5 Å². The van der Waals surface area contributed by atoms with E-state index < -0.39 is 0 Å². The molecule has 0 fully saturated rings. The topological polar surface area (TPSA) is 105 Å². The van der Waals surface area contributed by atoms with Crippen molar-refractivity contribution in [2.24, 2.45) is 0 Å². The largest absolute Gasteiger partial charge is 0.493 e. The molecule has 0 saturated carbocycles. The monoisotopic (exact) mass is 443 g/mol. The highest BCUT2D eigenvalue weighted by atomic mass is 32.1. The third-order valence-electron chi connectivity index (χ3n) is 4.73. The number of carbonyl (C=O) groups excluding carboxylic acids is 1. The van der Waals surface area contributed by atoms with Gasteiger partial charge in [0.1, 0.15) is 0 Å². The summed E-state index contributed by atoms with van der Waals surface area (Å²) in [5.74, 6) is 1.88. The van der Waals surface area contributed by atoms with Gasteiger partial charge >= 0.3 is 0 Å². The zero-order chi connectivity index (χ0) is 22.5. The number of anilines is 2. The van der Waals surface area contributed by atoms with Gasteiger partial charge in [0.15, 0.2) is 17.2 Å². The number of nitrogen functional groups attached to an aromatic ring is 1. The molecule has 9 heteroatoms. The van der Waals surface area contributed by atoms with Gasteiger partial charge in [-0.3, -0.25) is 4.79 Å². The Balaban J connectivity index is 2.15. The number of hydrogen-bond acceptors (Lipinski definition) is 8. The minimum absolute atomic E-state index is 0.136. The zero-order valence-corrected chi connectivity index (χ0v) is 18.9. The molecule has 164 valence electrons. The Bertz CT molecular complexity index is 1070. The molecule has 0 saturated heterocycles. The number of rotatable bonds is 8. The smallest absolute Gasteiger partial charge is 0.224 e. The van der Waals surface area contributed by atoms with Gasteiger partial charge in [0.2, 0.25) is 11.7 Å². The number of amides is 1. The van der Waals surface area contributed by atoms with Crippen molar-refractivity contribution in [3.8, 4) is 44.6 Å². The summed E-state index contributed by atoms with van der Waals surface area (Å²) in [5.41, 5.74) is 9.63. The SMILES string of the molecule is CCC(=O)Nc1cc(-c2cnsc2-c2cc(OC)c(OC)c(OC)c2)cc(N)c1OC. The number of methoxy groups -OCH3 is 4. The summed E-state index contributed by atoms with van der Waals surface area (Å²) in [6.07, 6.45) is 2.10. The Labute approximate surface area is 185 Å². The number of carbonyl (C=O) groups is 1. The average molecular weight is 444 g/mol. The van der Waals surface area contributed by atoms with Crippen LogP contribution in [0.25, 0.3) is 21.6 Å². The van der Waals surface area contributed by atoms with Crippen LogP contribution in [-0.4, -0.2) is 38.7 Å². The van der Waals surface area contributed by atoms with E-state index in [1.807, 2.05) is 18.2 Å². The maximum atomic E-state index is 12.0. The molecule has 0 aliphatic heterocycles. The summed E-state index contributed by atoms with van der Waals surface area (Å²) in [5, 5.41) is 2.85. The summed E-state index contributed by atoms with van der Waals surface area (Å²) in [6.45, 7) is 1.78. The van der Waals surface area contributed by atoms with Crippen molar-refractivity contribution in [1.29, 1.82) is 0 Å². The summed E-state index contributed by atoms with van der Waals surface area (Å²) in [7, 11) is 6.22. The quantitative estimate of drug-likeness (QED) is 0.496. The first kappa shape index (κ1) is 22.2. The molecule has 3 rings (SSSR count). The van der Waals surface area contributed by atoms with Crippen LogP contribution in [-0.2, 0) is 4.79 Å². The van der Waals surface area contributed by atoms with Crippen LogP contribution < -0.4 is 30.0 Å². The van der Waals surface area contributed by atoms with Crippen molar-refractivity contribution in [2.45, 2.75) is 13.3 Å². The molecule has 1 amide bonds. The van der Waals surface area contributed by atoms with E-state index in [1.165, 1.54) is 18.6 Å². The van der Waals surface area contributed by atoms with Crippen LogP contribution in [0.15, 0.2) is 30.5 Å². The van der Waals surface area contributed by atoms with Crippen molar-refractivity contribution in [1.82, 2.24) is 4.37 Å². The molecule has 8 nitrogen and oxygen atoms in total. The fraction of sp³-hybridized carbons (Fsp3) is 0.273. The maximum absolute atomic E-state index is 12.0. The summed E-state index contributed by atoms with van der Waals surface area (Å²) < 4.78 is 26.2. The standard InChI is InChI=1S/C22H25N3O5S/c1-6-19(26)25-16-8-12(7-15(23)20(16)29-4)14-11-24-31-22(14)13-9-17(27-2)21(30-5)18(10-13)28-3/h7-11H,6,23H2,1-5H3,(H,25,26). The number of nitrogens with one attached hydrogen (secondary N) is 1. The lowest BCUT2D eigenvalue weighted by atomic mass is 10.0. The van der Waals surface area contributed by atoms with Crippen molar-refractivity contribution in [3.63, 3.8) is 0 Å². The molecule has 3 N–H and O–H groups in total. The van der Waals surface area contributed by atoms with Crippen LogP contribution in [0.5, 0.6) is 23.0 Å². The van der Waals surface area contributed by atoms with Gasteiger partial charge in [0, 0.05) is 23.7 Å². The number of benzene rings is 2. The summed E-state index contributed by atoms with van der Waals surface area (Å²) >= 11 is 1.33. The molecule has 0 aliphatic carbocycles. The second kappa shape index (κ2) is 9.57. The molecule has 0 spiro atoms. The molecule has 1 aromatic heterocycles. The van der Waals surface area contributed by atoms with E-state index in [-0.39, 0.29) is 5.91 Å². The van der Waals surface area contributed by atoms with Gasteiger partial charge in [0.05, 0.1) is 44.7 Å². The van der Waals surface area contributed by atoms with Gasteiger partial charge < -0.3 is 30.0 Å². The highest BCUT2D eigenvalue weighted by Gasteiger charge is 2.20. The van der Waals surface area contributed by atoms with Gasteiger partial charge in [-0.15, -0.1) is 0 Å². The Morgan fingerprint density at radius 2 is 1.61 bits per heavy atom. The van der Waals surface area contributed by atoms with E-state index in [1.54, 1.807) is 40.5 Å².